The van der Waals surface area contributed by atoms with E-state index >= 15 is 0 Å². The zero-order valence-corrected chi connectivity index (χ0v) is 11.6. The molecule has 2 aromatic carbocycles. The van der Waals surface area contributed by atoms with Crippen molar-refractivity contribution in [2.24, 2.45) is 5.73 Å². The lowest BCUT2D eigenvalue weighted by molar-refractivity contribution is 0.969. The van der Waals surface area contributed by atoms with Crippen molar-refractivity contribution in [3.8, 4) is 11.1 Å². The van der Waals surface area contributed by atoms with Crippen molar-refractivity contribution in [3.63, 3.8) is 0 Å². The van der Waals surface area contributed by atoms with Crippen molar-refractivity contribution >= 4 is 11.6 Å². The third-order valence-electron chi connectivity index (χ3n) is 3.28. The monoisotopic (exact) mass is 259 g/mol. The summed E-state index contributed by atoms with van der Waals surface area (Å²) in [6, 6.07) is 12.6. The van der Waals surface area contributed by atoms with Gasteiger partial charge in [-0.1, -0.05) is 35.9 Å². The molecule has 0 atom stereocenters. The number of nitrogens with two attached hydrogens (primary N) is 1. The van der Waals surface area contributed by atoms with Crippen LogP contribution in [0.15, 0.2) is 36.4 Å². The quantitative estimate of drug-likeness (QED) is 0.881. The molecule has 0 aliphatic rings. The highest BCUT2D eigenvalue weighted by atomic mass is 35.5. The lowest BCUT2D eigenvalue weighted by atomic mass is 9.98. The number of rotatable bonds is 3. The summed E-state index contributed by atoms with van der Waals surface area (Å²) in [7, 11) is 0. The summed E-state index contributed by atoms with van der Waals surface area (Å²) < 4.78 is 0. The molecule has 0 spiro atoms. The first-order valence-electron chi connectivity index (χ1n) is 6.18. The van der Waals surface area contributed by atoms with E-state index in [-0.39, 0.29) is 0 Å². The van der Waals surface area contributed by atoms with E-state index in [0.717, 1.165) is 17.0 Å². The number of hydrogen-bond acceptors (Lipinski definition) is 1. The van der Waals surface area contributed by atoms with E-state index in [9.17, 15) is 0 Å². The molecular weight excluding hydrogens is 242 g/mol. The molecule has 0 saturated carbocycles. The molecule has 0 aromatic heterocycles. The van der Waals surface area contributed by atoms with Gasteiger partial charge in [0, 0.05) is 10.6 Å². The molecule has 2 rings (SSSR count). The van der Waals surface area contributed by atoms with Gasteiger partial charge in [0.05, 0.1) is 0 Å². The normalized spacial score (nSPS) is 10.7. The van der Waals surface area contributed by atoms with Crippen LogP contribution in [-0.2, 0) is 6.42 Å². The van der Waals surface area contributed by atoms with Gasteiger partial charge in [0.15, 0.2) is 0 Å². The van der Waals surface area contributed by atoms with Gasteiger partial charge in [-0.3, -0.25) is 0 Å². The molecule has 0 radical (unpaired) electrons. The van der Waals surface area contributed by atoms with Crippen LogP contribution >= 0.6 is 11.6 Å². The Balaban J connectivity index is 2.48. The Kier molecular flexibility index (Phi) is 4.05. The van der Waals surface area contributed by atoms with Crippen LogP contribution < -0.4 is 5.73 Å². The molecule has 2 heteroatoms. The second kappa shape index (κ2) is 5.55. The van der Waals surface area contributed by atoms with Crippen LogP contribution in [0.2, 0.25) is 5.02 Å². The van der Waals surface area contributed by atoms with E-state index in [4.69, 9.17) is 17.3 Å². The minimum absolute atomic E-state index is 0.661. The van der Waals surface area contributed by atoms with E-state index in [1.165, 1.54) is 22.3 Å². The summed E-state index contributed by atoms with van der Waals surface area (Å²) in [6.07, 6.45) is 0.884. The fourth-order valence-electron chi connectivity index (χ4n) is 2.02. The highest BCUT2D eigenvalue weighted by Crippen LogP contribution is 2.30. The number of halogens is 1. The fourth-order valence-corrected chi connectivity index (χ4v) is 2.25. The lowest BCUT2D eigenvalue weighted by Crippen LogP contribution is -2.02. The van der Waals surface area contributed by atoms with Crippen molar-refractivity contribution in [1.29, 1.82) is 0 Å². The molecule has 18 heavy (non-hydrogen) atoms. The third-order valence-corrected chi connectivity index (χ3v) is 3.61. The Labute approximate surface area is 114 Å². The van der Waals surface area contributed by atoms with Gasteiger partial charge in [-0.25, -0.2) is 0 Å². The largest absolute Gasteiger partial charge is 0.330 e. The average molecular weight is 260 g/mol. The number of hydrogen-bond donors (Lipinski definition) is 1. The topological polar surface area (TPSA) is 26.0 Å². The third kappa shape index (κ3) is 2.74. The molecule has 0 bridgehead atoms. The van der Waals surface area contributed by atoms with Crippen LogP contribution in [0.4, 0.5) is 0 Å². The second-order valence-electron chi connectivity index (χ2n) is 4.65. The Morgan fingerprint density at radius 1 is 1.00 bits per heavy atom. The predicted octanol–water partition coefficient (Wildman–Crippen LogP) is 4.13. The Morgan fingerprint density at radius 3 is 2.44 bits per heavy atom. The Bertz CT molecular complexity index is 561. The van der Waals surface area contributed by atoms with Crippen molar-refractivity contribution < 1.29 is 0 Å². The molecule has 0 heterocycles. The van der Waals surface area contributed by atoms with Gasteiger partial charge in [-0.2, -0.15) is 0 Å². The fraction of sp³-hybridized carbons (Fsp3) is 0.250. The van der Waals surface area contributed by atoms with Crippen LogP contribution in [-0.4, -0.2) is 6.54 Å². The van der Waals surface area contributed by atoms with Crippen molar-refractivity contribution in [1.82, 2.24) is 0 Å². The van der Waals surface area contributed by atoms with Gasteiger partial charge in [0.2, 0.25) is 0 Å². The minimum Gasteiger partial charge on any atom is -0.330 e. The first-order valence-corrected chi connectivity index (χ1v) is 6.55. The van der Waals surface area contributed by atoms with E-state index in [1.54, 1.807) is 0 Å². The van der Waals surface area contributed by atoms with Crippen LogP contribution in [0.5, 0.6) is 0 Å². The molecule has 0 aliphatic heterocycles. The van der Waals surface area contributed by atoms with E-state index in [0.29, 0.717) is 6.54 Å². The molecule has 0 saturated heterocycles. The van der Waals surface area contributed by atoms with Gasteiger partial charge in [0.25, 0.3) is 0 Å². The maximum absolute atomic E-state index is 6.29. The second-order valence-corrected chi connectivity index (χ2v) is 5.06. The van der Waals surface area contributed by atoms with E-state index in [2.05, 4.69) is 38.1 Å². The van der Waals surface area contributed by atoms with Gasteiger partial charge >= 0.3 is 0 Å². The molecule has 0 fully saturated rings. The van der Waals surface area contributed by atoms with Gasteiger partial charge in [-0.05, 0) is 61.2 Å². The SMILES string of the molecule is Cc1ccc(-c2cc(CCN)ccc2Cl)cc1C. The summed E-state index contributed by atoms with van der Waals surface area (Å²) in [5.74, 6) is 0. The number of aryl methyl sites for hydroxylation is 2. The molecular formula is C16H18ClN. The molecule has 0 aliphatic carbocycles. The van der Waals surface area contributed by atoms with E-state index < -0.39 is 0 Å². The van der Waals surface area contributed by atoms with E-state index in [1.807, 2.05) is 12.1 Å². The lowest BCUT2D eigenvalue weighted by Gasteiger charge is -2.09. The predicted molar refractivity (Wildman–Crippen MR) is 79.1 cm³/mol. The molecule has 0 amide bonds. The molecule has 2 N–H and O–H groups in total. The summed E-state index contributed by atoms with van der Waals surface area (Å²) in [5, 5.41) is 0.791. The standard InChI is InChI=1S/C16H18ClN/c1-11-3-5-14(9-12(11)2)15-10-13(7-8-18)4-6-16(15)17/h3-6,9-10H,7-8,18H2,1-2H3. The summed E-state index contributed by atoms with van der Waals surface area (Å²) in [4.78, 5) is 0. The highest BCUT2D eigenvalue weighted by molar-refractivity contribution is 6.33. The Hall–Kier alpha value is -1.31. The Morgan fingerprint density at radius 2 is 1.78 bits per heavy atom. The summed E-state index contributed by atoms with van der Waals surface area (Å²) in [5.41, 5.74) is 11.7. The molecule has 94 valence electrons. The minimum atomic E-state index is 0.661. The van der Waals surface area contributed by atoms with Gasteiger partial charge in [-0.15, -0.1) is 0 Å². The number of benzene rings is 2. The maximum Gasteiger partial charge on any atom is 0.0484 e. The van der Waals surface area contributed by atoms with Gasteiger partial charge < -0.3 is 5.73 Å². The maximum atomic E-state index is 6.29. The van der Waals surface area contributed by atoms with Crippen LogP contribution in [0.3, 0.4) is 0 Å². The first-order chi connectivity index (χ1) is 8.61. The summed E-state index contributed by atoms with van der Waals surface area (Å²) in [6.45, 7) is 4.90. The van der Waals surface area contributed by atoms with Crippen LogP contribution in [0, 0.1) is 13.8 Å². The van der Waals surface area contributed by atoms with Crippen LogP contribution in [0.1, 0.15) is 16.7 Å². The highest BCUT2D eigenvalue weighted by Gasteiger charge is 2.06. The van der Waals surface area contributed by atoms with Crippen molar-refractivity contribution in [3.05, 3.63) is 58.1 Å². The molecule has 1 nitrogen and oxygen atoms in total. The van der Waals surface area contributed by atoms with Crippen molar-refractivity contribution in [2.45, 2.75) is 20.3 Å². The van der Waals surface area contributed by atoms with Crippen LogP contribution in [0.25, 0.3) is 11.1 Å². The zero-order valence-electron chi connectivity index (χ0n) is 10.8. The average Bonchev–Trinajstić information content (AvgIpc) is 2.35. The van der Waals surface area contributed by atoms with Crippen molar-refractivity contribution in [2.75, 3.05) is 6.54 Å². The molecule has 0 unspecified atom stereocenters. The zero-order chi connectivity index (χ0) is 13.1. The first kappa shape index (κ1) is 13.1. The summed E-state index contributed by atoms with van der Waals surface area (Å²) >= 11 is 6.29. The smallest absolute Gasteiger partial charge is 0.0484 e. The van der Waals surface area contributed by atoms with Gasteiger partial charge in [0.1, 0.15) is 0 Å². The molecule has 2 aromatic rings.